The van der Waals surface area contributed by atoms with Crippen LogP contribution in [0, 0.1) is 13.8 Å². The molecule has 1 fully saturated rings. The summed E-state index contributed by atoms with van der Waals surface area (Å²) in [5.74, 6) is 0.996. The van der Waals surface area contributed by atoms with Gasteiger partial charge in [-0.1, -0.05) is 0 Å². The molecule has 1 aliphatic heterocycles. The van der Waals surface area contributed by atoms with Gasteiger partial charge in [-0.25, -0.2) is 9.97 Å². The molecule has 2 aromatic rings. The predicted molar refractivity (Wildman–Crippen MR) is 109 cm³/mol. The number of amides is 1. The lowest BCUT2D eigenvalue weighted by atomic mass is 9.92. The Morgan fingerprint density at radius 1 is 1.18 bits per heavy atom. The Hall–Kier alpha value is -2.54. The summed E-state index contributed by atoms with van der Waals surface area (Å²) in [6.45, 7) is 8.99. The van der Waals surface area contributed by atoms with Crippen molar-refractivity contribution in [3.05, 3.63) is 41.5 Å². The number of likely N-dealkylation sites (tertiary alicyclic amines) is 1. The number of hydrogen-bond acceptors (Lipinski definition) is 6. The number of methoxy groups -OCH3 is 1. The van der Waals surface area contributed by atoms with E-state index in [-0.39, 0.29) is 5.91 Å². The van der Waals surface area contributed by atoms with Gasteiger partial charge in [-0.2, -0.15) is 0 Å². The predicted octanol–water partition coefficient (Wildman–Crippen LogP) is 3.36. The summed E-state index contributed by atoms with van der Waals surface area (Å²) in [5.41, 5.74) is 3.01. The van der Waals surface area contributed by atoms with E-state index in [1.807, 2.05) is 57.0 Å². The van der Waals surface area contributed by atoms with Gasteiger partial charge in [-0.3, -0.25) is 9.78 Å². The lowest BCUT2D eigenvalue weighted by molar-refractivity contribution is -0.152. The normalized spacial score (nSPS) is 15.5. The standard InChI is InChI=1S/C21H29N5O2/c1-14-12-15(2)24-20(23-14)25-17-6-7-18(22-13-17)16-8-10-26(11-9-16)19(27)21(3,4)28-5/h6-7,12-13,16H,8-11H2,1-5H3,(H,23,24,25). The summed E-state index contributed by atoms with van der Waals surface area (Å²) >= 11 is 0. The molecule has 1 aliphatic rings. The van der Waals surface area contributed by atoms with Gasteiger partial charge in [0, 0.05) is 43.2 Å². The van der Waals surface area contributed by atoms with E-state index < -0.39 is 5.60 Å². The lowest BCUT2D eigenvalue weighted by Gasteiger charge is -2.36. The van der Waals surface area contributed by atoms with E-state index in [1.54, 1.807) is 7.11 Å². The minimum Gasteiger partial charge on any atom is -0.369 e. The summed E-state index contributed by atoms with van der Waals surface area (Å²) in [4.78, 5) is 27.8. The second-order valence-electron chi connectivity index (χ2n) is 7.85. The molecule has 0 radical (unpaired) electrons. The number of carbonyl (C=O) groups excluding carboxylic acids is 1. The molecule has 3 rings (SSSR count). The third-order valence-electron chi connectivity index (χ3n) is 5.25. The van der Waals surface area contributed by atoms with Gasteiger partial charge in [0.1, 0.15) is 5.60 Å². The molecule has 2 aromatic heterocycles. The van der Waals surface area contributed by atoms with E-state index in [4.69, 9.17) is 4.74 Å². The van der Waals surface area contributed by atoms with Crippen molar-refractivity contribution in [2.24, 2.45) is 0 Å². The van der Waals surface area contributed by atoms with Crippen LogP contribution in [0.3, 0.4) is 0 Å². The van der Waals surface area contributed by atoms with Gasteiger partial charge in [-0.05, 0) is 58.7 Å². The fourth-order valence-electron chi connectivity index (χ4n) is 3.48. The van der Waals surface area contributed by atoms with Crippen LogP contribution in [0.5, 0.6) is 0 Å². The number of anilines is 2. The second-order valence-corrected chi connectivity index (χ2v) is 7.85. The molecule has 0 aliphatic carbocycles. The first kappa shape index (κ1) is 20.2. The summed E-state index contributed by atoms with van der Waals surface area (Å²) < 4.78 is 5.32. The van der Waals surface area contributed by atoms with Crippen LogP contribution < -0.4 is 5.32 Å². The van der Waals surface area contributed by atoms with Crippen molar-refractivity contribution in [1.29, 1.82) is 0 Å². The maximum atomic E-state index is 12.5. The zero-order valence-corrected chi connectivity index (χ0v) is 17.3. The van der Waals surface area contributed by atoms with Gasteiger partial charge in [0.2, 0.25) is 5.95 Å². The smallest absolute Gasteiger partial charge is 0.254 e. The Kier molecular flexibility index (Phi) is 5.93. The molecule has 28 heavy (non-hydrogen) atoms. The zero-order valence-electron chi connectivity index (χ0n) is 17.3. The quantitative estimate of drug-likeness (QED) is 0.853. The van der Waals surface area contributed by atoms with Gasteiger partial charge in [0.05, 0.1) is 11.9 Å². The average Bonchev–Trinajstić information content (AvgIpc) is 2.67. The summed E-state index contributed by atoms with van der Waals surface area (Å²) in [7, 11) is 1.58. The monoisotopic (exact) mass is 383 g/mol. The van der Waals surface area contributed by atoms with Crippen LogP contribution in [0.4, 0.5) is 11.6 Å². The van der Waals surface area contributed by atoms with Crippen LogP contribution in [0.1, 0.15) is 49.7 Å². The van der Waals surface area contributed by atoms with Crippen molar-refractivity contribution in [3.8, 4) is 0 Å². The summed E-state index contributed by atoms with van der Waals surface area (Å²) in [5, 5.41) is 3.21. The fraction of sp³-hybridized carbons (Fsp3) is 0.524. The van der Waals surface area contributed by atoms with Crippen molar-refractivity contribution in [1.82, 2.24) is 19.9 Å². The highest BCUT2D eigenvalue weighted by molar-refractivity contribution is 5.84. The number of ether oxygens (including phenoxy) is 1. The minimum absolute atomic E-state index is 0.0504. The molecular weight excluding hydrogens is 354 g/mol. The number of carbonyl (C=O) groups is 1. The van der Waals surface area contributed by atoms with Gasteiger partial charge in [-0.15, -0.1) is 0 Å². The van der Waals surface area contributed by atoms with Gasteiger partial charge in [0.25, 0.3) is 5.91 Å². The van der Waals surface area contributed by atoms with Gasteiger partial charge in [0.15, 0.2) is 0 Å². The Labute approximate surface area is 166 Å². The van der Waals surface area contributed by atoms with Crippen molar-refractivity contribution in [3.63, 3.8) is 0 Å². The van der Waals surface area contributed by atoms with E-state index in [9.17, 15) is 4.79 Å². The average molecular weight is 383 g/mol. The zero-order chi connectivity index (χ0) is 20.3. The van der Waals surface area contributed by atoms with Gasteiger partial charge >= 0.3 is 0 Å². The van der Waals surface area contributed by atoms with Crippen molar-refractivity contribution < 1.29 is 9.53 Å². The molecule has 1 amide bonds. The number of nitrogens with one attached hydrogen (secondary N) is 1. The summed E-state index contributed by atoms with van der Waals surface area (Å²) in [6, 6.07) is 6.00. The molecule has 7 nitrogen and oxygen atoms in total. The molecule has 0 spiro atoms. The highest BCUT2D eigenvalue weighted by atomic mass is 16.5. The summed E-state index contributed by atoms with van der Waals surface area (Å²) in [6.07, 6.45) is 3.64. The van der Waals surface area contributed by atoms with E-state index >= 15 is 0 Å². The first-order valence-electron chi connectivity index (χ1n) is 9.68. The van der Waals surface area contributed by atoms with Gasteiger partial charge < -0.3 is 15.0 Å². The fourth-order valence-corrected chi connectivity index (χ4v) is 3.48. The maximum Gasteiger partial charge on any atom is 0.254 e. The minimum atomic E-state index is -0.769. The first-order valence-corrected chi connectivity index (χ1v) is 9.68. The molecule has 1 N–H and O–H groups in total. The van der Waals surface area contributed by atoms with Crippen molar-refractivity contribution in [2.75, 3.05) is 25.5 Å². The number of piperidine rings is 1. The van der Waals surface area contributed by atoms with Crippen LogP contribution in [0.25, 0.3) is 0 Å². The number of aryl methyl sites for hydroxylation is 2. The number of nitrogens with zero attached hydrogens (tertiary/aromatic N) is 4. The molecule has 0 unspecified atom stereocenters. The highest BCUT2D eigenvalue weighted by Crippen LogP contribution is 2.29. The molecular formula is C21H29N5O2. The molecule has 3 heterocycles. The van der Waals surface area contributed by atoms with E-state index in [0.717, 1.165) is 48.7 Å². The number of pyridine rings is 1. The Morgan fingerprint density at radius 3 is 2.36 bits per heavy atom. The van der Waals surface area contributed by atoms with Crippen LogP contribution in [0.2, 0.25) is 0 Å². The Morgan fingerprint density at radius 2 is 1.82 bits per heavy atom. The van der Waals surface area contributed by atoms with Crippen LogP contribution in [-0.4, -0.2) is 51.6 Å². The van der Waals surface area contributed by atoms with Crippen LogP contribution in [0.15, 0.2) is 24.4 Å². The Balaban J connectivity index is 1.60. The number of aromatic nitrogens is 3. The van der Waals surface area contributed by atoms with Crippen molar-refractivity contribution in [2.45, 2.75) is 52.1 Å². The highest BCUT2D eigenvalue weighted by Gasteiger charge is 2.34. The molecule has 0 atom stereocenters. The molecule has 0 bridgehead atoms. The maximum absolute atomic E-state index is 12.5. The van der Waals surface area contributed by atoms with E-state index in [0.29, 0.717) is 11.9 Å². The molecule has 7 heteroatoms. The third kappa shape index (κ3) is 4.65. The van der Waals surface area contributed by atoms with Crippen LogP contribution in [-0.2, 0) is 9.53 Å². The SMILES string of the molecule is COC(C)(C)C(=O)N1CCC(c2ccc(Nc3nc(C)cc(C)n3)cn2)CC1. The lowest BCUT2D eigenvalue weighted by Crippen LogP contribution is -2.49. The first-order chi connectivity index (χ1) is 13.3. The van der Waals surface area contributed by atoms with Crippen molar-refractivity contribution >= 4 is 17.5 Å². The molecule has 0 saturated carbocycles. The third-order valence-corrected chi connectivity index (χ3v) is 5.25. The topological polar surface area (TPSA) is 80.2 Å². The largest absolute Gasteiger partial charge is 0.369 e. The molecule has 1 saturated heterocycles. The molecule has 0 aromatic carbocycles. The van der Waals surface area contributed by atoms with Crippen LogP contribution >= 0.6 is 0 Å². The number of rotatable bonds is 5. The number of hydrogen-bond donors (Lipinski definition) is 1. The second kappa shape index (κ2) is 8.22. The molecule has 150 valence electrons. The van der Waals surface area contributed by atoms with E-state index in [2.05, 4.69) is 20.3 Å². The van der Waals surface area contributed by atoms with E-state index in [1.165, 1.54) is 0 Å². The Bertz CT molecular complexity index is 807.